The van der Waals surface area contributed by atoms with Crippen LogP contribution in [0.3, 0.4) is 0 Å². The summed E-state index contributed by atoms with van der Waals surface area (Å²) in [6.45, 7) is 2.00. The number of aromatic nitrogens is 1. The van der Waals surface area contributed by atoms with Crippen LogP contribution in [0, 0.1) is 6.92 Å². The van der Waals surface area contributed by atoms with Crippen LogP contribution >= 0.6 is 11.6 Å². The quantitative estimate of drug-likeness (QED) is 0.746. The first-order valence-corrected chi connectivity index (χ1v) is 5.01. The molecule has 2 nitrogen and oxygen atoms in total. The molecule has 2 N–H and O–H groups in total. The maximum absolute atomic E-state index is 6.11. The van der Waals surface area contributed by atoms with Crippen molar-refractivity contribution in [3.63, 3.8) is 0 Å². The van der Waals surface area contributed by atoms with Crippen LogP contribution in [-0.4, -0.2) is 4.98 Å². The lowest BCUT2D eigenvalue weighted by molar-refractivity contribution is 1.27. The van der Waals surface area contributed by atoms with Crippen molar-refractivity contribution in [2.45, 2.75) is 6.92 Å². The molecule has 0 saturated carbocycles. The molecule has 2 aromatic rings. The number of hydrogen-bond acceptors (Lipinski definition) is 2. The third-order valence-electron chi connectivity index (χ3n) is 2.18. The van der Waals surface area contributed by atoms with Gasteiger partial charge in [-0.25, -0.2) is 0 Å². The summed E-state index contributed by atoms with van der Waals surface area (Å²) < 4.78 is 0. The number of rotatable bonds is 1. The van der Waals surface area contributed by atoms with E-state index in [1.807, 2.05) is 31.3 Å². The van der Waals surface area contributed by atoms with Gasteiger partial charge in [-0.1, -0.05) is 17.7 Å². The summed E-state index contributed by atoms with van der Waals surface area (Å²) in [6.07, 6.45) is 3.61. The number of benzene rings is 1. The molecule has 0 atom stereocenters. The lowest BCUT2D eigenvalue weighted by Crippen LogP contribution is -1.87. The van der Waals surface area contributed by atoms with E-state index in [0.29, 0.717) is 10.7 Å². The monoisotopic (exact) mass is 218 g/mol. The Kier molecular flexibility index (Phi) is 2.60. The van der Waals surface area contributed by atoms with Crippen molar-refractivity contribution in [2.24, 2.45) is 0 Å². The topological polar surface area (TPSA) is 38.9 Å². The zero-order valence-corrected chi connectivity index (χ0v) is 9.12. The van der Waals surface area contributed by atoms with Crippen LogP contribution in [0.5, 0.6) is 0 Å². The number of aryl methyl sites for hydroxylation is 1. The van der Waals surface area contributed by atoms with Crippen LogP contribution in [0.4, 0.5) is 5.69 Å². The van der Waals surface area contributed by atoms with Crippen LogP contribution in [0.2, 0.25) is 5.02 Å². The number of nitrogens with zero attached hydrogens (tertiary/aromatic N) is 1. The molecule has 0 aliphatic heterocycles. The predicted octanol–water partition coefficient (Wildman–Crippen LogP) is 3.29. The SMILES string of the molecule is Cc1cncc(-c2ccc(N)cc2Cl)c1. The molecular weight excluding hydrogens is 208 g/mol. The van der Waals surface area contributed by atoms with Crippen LogP contribution in [0.25, 0.3) is 11.1 Å². The van der Waals surface area contributed by atoms with Gasteiger partial charge in [-0.3, -0.25) is 4.98 Å². The molecule has 1 heterocycles. The van der Waals surface area contributed by atoms with Crippen molar-refractivity contribution in [2.75, 3.05) is 5.73 Å². The van der Waals surface area contributed by atoms with Crippen molar-refractivity contribution in [1.29, 1.82) is 0 Å². The number of anilines is 1. The highest BCUT2D eigenvalue weighted by Gasteiger charge is 2.03. The summed E-state index contributed by atoms with van der Waals surface area (Å²) in [5.41, 5.74) is 9.39. The number of nitrogens with two attached hydrogens (primary N) is 1. The van der Waals surface area contributed by atoms with Crippen LogP contribution in [0.15, 0.2) is 36.7 Å². The van der Waals surface area contributed by atoms with Gasteiger partial charge >= 0.3 is 0 Å². The Balaban J connectivity index is 2.54. The molecule has 1 aromatic carbocycles. The highest BCUT2D eigenvalue weighted by molar-refractivity contribution is 6.33. The number of pyridine rings is 1. The third kappa shape index (κ3) is 2.10. The van der Waals surface area contributed by atoms with Crippen LogP contribution in [0.1, 0.15) is 5.56 Å². The van der Waals surface area contributed by atoms with Gasteiger partial charge in [-0.15, -0.1) is 0 Å². The van der Waals surface area contributed by atoms with Crippen molar-refractivity contribution in [3.8, 4) is 11.1 Å². The van der Waals surface area contributed by atoms with E-state index in [2.05, 4.69) is 4.98 Å². The molecule has 0 bridgehead atoms. The molecule has 0 aliphatic carbocycles. The predicted molar refractivity (Wildman–Crippen MR) is 63.8 cm³/mol. The van der Waals surface area contributed by atoms with E-state index >= 15 is 0 Å². The van der Waals surface area contributed by atoms with E-state index in [1.165, 1.54) is 0 Å². The zero-order valence-electron chi connectivity index (χ0n) is 8.37. The molecule has 0 amide bonds. The lowest BCUT2D eigenvalue weighted by Gasteiger charge is -2.05. The van der Waals surface area contributed by atoms with Gasteiger partial charge in [-0.2, -0.15) is 0 Å². The van der Waals surface area contributed by atoms with Crippen molar-refractivity contribution >= 4 is 17.3 Å². The fraction of sp³-hybridized carbons (Fsp3) is 0.0833. The summed E-state index contributed by atoms with van der Waals surface area (Å²) in [6, 6.07) is 7.54. The molecule has 3 heteroatoms. The lowest BCUT2D eigenvalue weighted by atomic mass is 10.1. The van der Waals surface area contributed by atoms with Crippen LogP contribution in [-0.2, 0) is 0 Å². The Labute approximate surface area is 93.7 Å². The van der Waals surface area contributed by atoms with Gasteiger partial charge in [0, 0.05) is 29.2 Å². The Hall–Kier alpha value is -1.54. The van der Waals surface area contributed by atoms with Gasteiger partial charge < -0.3 is 5.73 Å². The fourth-order valence-electron chi connectivity index (χ4n) is 1.47. The molecule has 0 radical (unpaired) electrons. The number of hydrogen-bond donors (Lipinski definition) is 1. The molecule has 0 saturated heterocycles. The zero-order chi connectivity index (χ0) is 10.8. The molecule has 15 heavy (non-hydrogen) atoms. The summed E-state index contributed by atoms with van der Waals surface area (Å²) in [7, 11) is 0. The average molecular weight is 219 g/mol. The van der Waals surface area contributed by atoms with E-state index in [9.17, 15) is 0 Å². The van der Waals surface area contributed by atoms with Gasteiger partial charge in [0.1, 0.15) is 0 Å². The smallest absolute Gasteiger partial charge is 0.0505 e. The first kappa shape index (κ1) is 9.99. The Morgan fingerprint density at radius 3 is 2.67 bits per heavy atom. The highest BCUT2D eigenvalue weighted by Crippen LogP contribution is 2.29. The van der Waals surface area contributed by atoms with Crippen LogP contribution < -0.4 is 5.73 Å². The molecule has 2 rings (SSSR count). The number of halogens is 1. The van der Waals surface area contributed by atoms with E-state index in [1.54, 1.807) is 12.3 Å². The van der Waals surface area contributed by atoms with Gasteiger partial charge in [0.25, 0.3) is 0 Å². The fourth-order valence-corrected chi connectivity index (χ4v) is 1.77. The first-order chi connectivity index (χ1) is 7.16. The third-order valence-corrected chi connectivity index (χ3v) is 2.49. The Bertz CT molecular complexity index is 495. The number of nitrogen functional groups attached to an aromatic ring is 1. The standard InChI is InChI=1S/C12H11ClN2/c1-8-4-9(7-15-6-8)11-3-2-10(14)5-12(11)13/h2-7H,14H2,1H3. The summed E-state index contributed by atoms with van der Waals surface area (Å²) in [4.78, 5) is 4.13. The molecular formula is C12H11ClN2. The second-order valence-corrected chi connectivity index (χ2v) is 3.90. The first-order valence-electron chi connectivity index (χ1n) is 4.64. The van der Waals surface area contributed by atoms with Gasteiger partial charge in [0.15, 0.2) is 0 Å². The van der Waals surface area contributed by atoms with Crippen molar-refractivity contribution < 1.29 is 0 Å². The maximum atomic E-state index is 6.11. The molecule has 1 aromatic heterocycles. The second-order valence-electron chi connectivity index (χ2n) is 3.49. The second kappa shape index (κ2) is 3.91. The molecule has 0 spiro atoms. The van der Waals surface area contributed by atoms with E-state index < -0.39 is 0 Å². The van der Waals surface area contributed by atoms with Crippen molar-refractivity contribution in [1.82, 2.24) is 4.98 Å². The highest BCUT2D eigenvalue weighted by atomic mass is 35.5. The Morgan fingerprint density at radius 1 is 1.20 bits per heavy atom. The largest absolute Gasteiger partial charge is 0.399 e. The maximum Gasteiger partial charge on any atom is 0.0505 e. The minimum Gasteiger partial charge on any atom is -0.399 e. The molecule has 0 fully saturated rings. The minimum absolute atomic E-state index is 0.655. The average Bonchev–Trinajstić information content (AvgIpc) is 2.17. The summed E-state index contributed by atoms with van der Waals surface area (Å²) in [5.74, 6) is 0. The van der Waals surface area contributed by atoms with Gasteiger partial charge in [0.2, 0.25) is 0 Å². The van der Waals surface area contributed by atoms with E-state index in [-0.39, 0.29) is 0 Å². The molecule has 76 valence electrons. The normalized spacial score (nSPS) is 10.3. The minimum atomic E-state index is 0.655. The van der Waals surface area contributed by atoms with Crippen molar-refractivity contribution in [3.05, 3.63) is 47.2 Å². The van der Waals surface area contributed by atoms with Gasteiger partial charge in [-0.05, 0) is 30.7 Å². The molecule has 0 unspecified atom stereocenters. The van der Waals surface area contributed by atoms with Gasteiger partial charge in [0.05, 0.1) is 5.02 Å². The van der Waals surface area contributed by atoms with E-state index in [4.69, 9.17) is 17.3 Å². The van der Waals surface area contributed by atoms with E-state index in [0.717, 1.165) is 16.7 Å². The summed E-state index contributed by atoms with van der Waals surface area (Å²) in [5, 5.41) is 0.655. The molecule has 0 aliphatic rings. The Morgan fingerprint density at radius 2 is 2.00 bits per heavy atom. The summed E-state index contributed by atoms with van der Waals surface area (Å²) >= 11 is 6.11.